The largest absolute Gasteiger partial charge is 0.351 e. The number of unbranched alkanes of at least 4 members (excludes halogenated alkanes) is 2. The van der Waals surface area contributed by atoms with Crippen molar-refractivity contribution in [3.8, 4) is 0 Å². The van der Waals surface area contributed by atoms with Crippen molar-refractivity contribution in [2.24, 2.45) is 0 Å². The Morgan fingerprint density at radius 2 is 1.73 bits per heavy atom. The molecule has 1 aliphatic carbocycles. The van der Waals surface area contributed by atoms with Crippen LogP contribution in [0.2, 0.25) is 0 Å². The number of amides is 1. The normalized spacial score (nSPS) is 16.8. The number of sulfonamides is 1. The summed E-state index contributed by atoms with van der Waals surface area (Å²) in [6.45, 7) is 12.1. The maximum atomic E-state index is 13.5. The van der Waals surface area contributed by atoms with Crippen LogP contribution in [0.5, 0.6) is 0 Å². The van der Waals surface area contributed by atoms with E-state index in [0.717, 1.165) is 76.7 Å². The monoisotopic (exact) mass is 530 g/mol. The fourth-order valence-corrected chi connectivity index (χ4v) is 6.68. The first kappa shape index (κ1) is 29.4. The van der Waals surface area contributed by atoms with E-state index in [0.29, 0.717) is 23.3 Å². The minimum absolute atomic E-state index is 0.0381. The van der Waals surface area contributed by atoms with Gasteiger partial charge in [0, 0.05) is 50.7 Å². The lowest BCUT2D eigenvalue weighted by molar-refractivity contribution is -0.117. The van der Waals surface area contributed by atoms with Crippen molar-refractivity contribution in [2.75, 3.05) is 45.2 Å². The van der Waals surface area contributed by atoms with Crippen LogP contribution in [0.1, 0.15) is 77.2 Å². The molecule has 206 valence electrons. The molecule has 2 aliphatic rings. The van der Waals surface area contributed by atoms with Crippen LogP contribution >= 0.6 is 0 Å². The molecule has 37 heavy (non-hydrogen) atoms. The molecule has 1 fully saturated rings. The molecule has 0 saturated heterocycles. The predicted molar refractivity (Wildman–Crippen MR) is 153 cm³/mol. The van der Waals surface area contributed by atoms with Crippen LogP contribution in [0, 0.1) is 0 Å². The summed E-state index contributed by atoms with van der Waals surface area (Å²) < 4.78 is 28.5. The topological polar surface area (TPSA) is 73.0 Å². The van der Waals surface area contributed by atoms with E-state index in [1.54, 1.807) is 25.4 Å². The van der Waals surface area contributed by atoms with E-state index in [1.807, 2.05) is 18.0 Å². The summed E-state index contributed by atoms with van der Waals surface area (Å²) in [6.07, 6.45) is 11.5. The van der Waals surface area contributed by atoms with Gasteiger partial charge in [-0.05, 0) is 62.5 Å². The second-order valence-corrected chi connectivity index (χ2v) is 12.4. The highest BCUT2D eigenvalue weighted by atomic mass is 32.2. The molecule has 0 radical (unpaired) electrons. The summed E-state index contributed by atoms with van der Waals surface area (Å²) >= 11 is 0. The molecule has 1 N–H and O–H groups in total. The molecular weight excluding hydrogens is 484 g/mol. The minimum Gasteiger partial charge on any atom is -0.351 e. The van der Waals surface area contributed by atoms with Crippen molar-refractivity contribution in [2.45, 2.75) is 82.6 Å². The number of hydrogen-bond donors (Lipinski definition) is 1. The van der Waals surface area contributed by atoms with Gasteiger partial charge in [0.1, 0.15) is 0 Å². The van der Waals surface area contributed by atoms with Crippen molar-refractivity contribution in [3.05, 3.63) is 42.1 Å². The Kier molecular flexibility index (Phi) is 10.8. The van der Waals surface area contributed by atoms with Crippen LogP contribution in [0.4, 0.5) is 5.69 Å². The number of carbonyl (C=O) groups is 1. The quantitative estimate of drug-likeness (QED) is 0.388. The van der Waals surface area contributed by atoms with Crippen LogP contribution in [-0.4, -0.2) is 69.8 Å². The van der Waals surface area contributed by atoms with E-state index in [-0.39, 0.29) is 16.8 Å². The molecule has 3 rings (SSSR count). The van der Waals surface area contributed by atoms with Crippen LogP contribution in [0.25, 0.3) is 5.57 Å². The van der Waals surface area contributed by atoms with Gasteiger partial charge in [-0.15, -0.1) is 0 Å². The lowest BCUT2D eigenvalue weighted by Crippen LogP contribution is -2.38. The van der Waals surface area contributed by atoms with E-state index in [1.165, 1.54) is 10.7 Å². The van der Waals surface area contributed by atoms with Crippen molar-refractivity contribution < 1.29 is 13.2 Å². The molecule has 1 aromatic carbocycles. The number of carbonyl (C=O) groups excluding carboxylic acids is 1. The van der Waals surface area contributed by atoms with Gasteiger partial charge < -0.3 is 15.1 Å². The SMILES string of the molecule is C=C1C(C(=O)NCCN(CCCC)CCCC)=CN(C)c2ccc(S(=O)(=O)N(C)C3CCCCC3)cc21. The van der Waals surface area contributed by atoms with Crippen LogP contribution in [0.3, 0.4) is 0 Å². The number of hydrogen-bond acceptors (Lipinski definition) is 5. The molecular formula is C29H46N4O3S. The van der Waals surface area contributed by atoms with E-state index in [4.69, 9.17) is 0 Å². The predicted octanol–water partition coefficient (Wildman–Crippen LogP) is 5.01. The van der Waals surface area contributed by atoms with Gasteiger partial charge in [-0.1, -0.05) is 52.5 Å². The highest BCUT2D eigenvalue weighted by Crippen LogP contribution is 2.38. The Labute approximate surface area is 224 Å². The van der Waals surface area contributed by atoms with E-state index in [2.05, 4.69) is 30.6 Å². The van der Waals surface area contributed by atoms with Gasteiger partial charge in [0.15, 0.2) is 0 Å². The molecule has 0 bridgehead atoms. The van der Waals surface area contributed by atoms with Gasteiger partial charge in [-0.3, -0.25) is 4.79 Å². The molecule has 1 amide bonds. The van der Waals surface area contributed by atoms with Gasteiger partial charge in [0.05, 0.1) is 10.5 Å². The van der Waals surface area contributed by atoms with Gasteiger partial charge in [-0.25, -0.2) is 8.42 Å². The molecule has 0 unspecified atom stereocenters. The first-order valence-electron chi connectivity index (χ1n) is 14.0. The minimum atomic E-state index is -3.64. The third-order valence-electron chi connectivity index (χ3n) is 7.70. The summed E-state index contributed by atoms with van der Waals surface area (Å²) in [6, 6.07) is 5.20. The first-order valence-corrected chi connectivity index (χ1v) is 15.4. The fourth-order valence-electron chi connectivity index (χ4n) is 5.24. The number of fused-ring (bicyclic) bond motifs is 1. The highest BCUT2D eigenvalue weighted by molar-refractivity contribution is 7.89. The van der Waals surface area contributed by atoms with Crippen molar-refractivity contribution in [3.63, 3.8) is 0 Å². The summed E-state index contributed by atoms with van der Waals surface area (Å²) in [4.78, 5) is 17.7. The lowest BCUT2D eigenvalue weighted by atomic mass is 9.94. The van der Waals surface area contributed by atoms with Crippen LogP contribution in [-0.2, 0) is 14.8 Å². The average Bonchev–Trinajstić information content (AvgIpc) is 2.91. The zero-order valence-electron chi connectivity index (χ0n) is 23.3. The Hall–Kier alpha value is -2.16. The van der Waals surface area contributed by atoms with Crippen molar-refractivity contribution in [1.29, 1.82) is 0 Å². The second-order valence-electron chi connectivity index (χ2n) is 10.4. The molecule has 1 aromatic rings. The number of rotatable bonds is 13. The second kappa shape index (κ2) is 13.6. The molecule has 1 saturated carbocycles. The Bertz CT molecular complexity index is 1070. The number of nitrogens with one attached hydrogen (secondary N) is 1. The fraction of sp³-hybridized carbons (Fsp3) is 0.621. The van der Waals surface area contributed by atoms with E-state index >= 15 is 0 Å². The first-order chi connectivity index (χ1) is 17.7. The van der Waals surface area contributed by atoms with Crippen molar-refractivity contribution >= 4 is 27.2 Å². The molecule has 1 heterocycles. The zero-order chi connectivity index (χ0) is 27.0. The van der Waals surface area contributed by atoms with E-state index < -0.39 is 10.0 Å². The van der Waals surface area contributed by atoms with Gasteiger partial charge >= 0.3 is 0 Å². The molecule has 7 nitrogen and oxygen atoms in total. The molecule has 8 heteroatoms. The lowest BCUT2D eigenvalue weighted by Gasteiger charge is -2.31. The third kappa shape index (κ3) is 7.24. The standard InChI is InChI=1S/C29H46N4O3S/c1-6-8-18-33(19-9-7-2)20-17-30-29(34)27-22-31(4)28-16-15-25(21-26(28)23(27)3)37(35,36)32(5)24-13-11-10-12-14-24/h15-16,21-22,24H,3,6-14,17-20H2,1-2,4-5H3,(H,30,34). The summed E-state index contributed by atoms with van der Waals surface area (Å²) in [5, 5.41) is 3.06. The molecule has 0 atom stereocenters. The maximum absolute atomic E-state index is 13.5. The molecule has 0 spiro atoms. The maximum Gasteiger partial charge on any atom is 0.253 e. The van der Waals surface area contributed by atoms with Crippen LogP contribution in [0.15, 0.2) is 41.4 Å². The Balaban J connectivity index is 1.71. The Morgan fingerprint density at radius 3 is 2.35 bits per heavy atom. The summed E-state index contributed by atoms with van der Waals surface area (Å²) in [5.74, 6) is -0.180. The molecule has 0 aromatic heterocycles. The number of anilines is 1. The molecule has 1 aliphatic heterocycles. The summed E-state index contributed by atoms with van der Waals surface area (Å²) in [5.41, 5.74) is 2.54. The summed E-state index contributed by atoms with van der Waals surface area (Å²) in [7, 11) is -0.0794. The van der Waals surface area contributed by atoms with Crippen LogP contribution < -0.4 is 10.2 Å². The average molecular weight is 531 g/mol. The number of nitrogens with zero attached hydrogens (tertiary/aromatic N) is 3. The Morgan fingerprint density at radius 1 is 1.08 bits per heavy atom. The van der Waals surface area contributed by atoms with E-state index in [9.17, 15) is 13.2 Å². The van der Waals surface area contributed by atoms with Gasteiger partial charge in [0.25, 0.3) is 5.91 Å². The smallest absolute Gasteiger partial charge is 0.253 e. The number of benzene rings is 1. The highest BCUT2D eigenvalue weighted by Gasteiger charge is 2.31. The van der Waals surface area contributed by atoms with Gasteiger partial charge in [-0.2, -0.15) is 4.31 Å². The zero-order valence-corrected chi connectivity index (χ0v) is 24.1. The third-order valence-corrected chi connectivity index (χ3v) is 9.61. The van der Waals surface area contributed by atoms with Gasteiger partial charge in [0.2, 0.25) is 10.0 Å². The van der Waals surface area contributed by atoms with Crippen molar-refractivity contribution in [1.82, 2.24) is 14.5 Å².